The second-order valence-electron chi connectivity index (χ2n) is 5.84. The average Bonchev–Trinajstić information content (AvgIpc) is 2.52. The van der Waals surface area contributed by atoms with Crippen molar-refractivity contribution in [3.05, 3.63) is 48.0 Å². The third-order valence-electron chi connectivity index (χ3n) is 3.48. The Balaban J connectivity index is 1.83. The van der Waals surface area contributed by atoms with E-state index >= 15 is 0 Å². The van der Waals surface area contributed by atoms with Crippen molar-refractivity contribution in [1.29, 1.82) is 0 Å². The van der Waals surface area contributed by atoms with Gasteiger partial charge in [-0.15, -0.1) is 0 Å². The highest BCUT2D eigenvalue weighted by atomic mass is 19.4. The van der Waals surface area contributed by atoms with Crippen LogP contribution in [0, 0.1) is 0 Å². The molecule has 2 aromatic rings. The maximum atomic E-state index is 12.0. The van der Waals surface area contributed by atoms with E-state index in [9.17, 15) is 22.8 Å². The van der Waals surface area contributed by atoms with Gasteiger partial charge in [-0.2, -0.15) is 13.2 Å². The first-order chi connectivity index (χ1) is 11.7. The molecule has 0 saturated heterocycles. The van der Waals surface area contributed by atoms with Crippen LogP contribution in [0.2, 0.25) is 0 Å². The molecule has 1 atom stereocenters. The second-order valence-corrected chi connectivity index (χ2v) is 5.84. The lowest BCUT2D eigenvalue weighted by atomic mass is 10.1. The molecule has 0 radical (unpaired) electrons. The van der Waals surface area contributed by atoms with E-state index in [2.05, 4.69) is 0 Å². The lowest BCUT2D eigenvalue weighted by Gasteiger charge is -2.14. The minimum absolute atomic E-state index is 0.0355. The Bertz CT molecular complexity index is 762. The minimum atomic E-state index is -4.52. The van der Waals surface area contributed by atoms with Crippen molar-refractivity contribution in [2.75, 3.05) is 20.1 Å². The summed E-state index contributed by atoms with van der Waals surface area (Å²) in [7, 11) is 1.77. The van der Waals surface area contributed by atoms with Gasteiger partial charge in [0.1, 0.15) is 13.1 Å². The molecule has 134 valence electrons. The smallest absolute Gasteiger partial charge is 0.329 e. The van der Waals surface area contributed by atoms with Crippen molar-refractivity contribution in [1.82, 2.24) is 10.6 Å². The van der Waals surface area contributed by atoms with E-state index in [1.54, 1.807) is 12.4 Å². The Labute approximate surface area is 142 Å². The van der Waals surface area contributed by atoms with Crippen LogP contribution in [-0.4, -0.2) is 38.3 Å². The Kier molecular flexibility index (Phi) is 5.97. The van der Waals surface area contributed by atoms with Crippen LogP contribution in [0.5, 0.6) is 0 Å². The number of hydrogen-bond donors (Lipinski definition) is 3. The van der Waals surface area contributed by atoms with Gasteiger partial charge in [-0.3, -0.25) is 10.1 Å². The summed E-state index contributed by atoms with van der Waals surface area (Å²) >= 11 is 0. The summed E-state index contributed by atoms with van der Waals surface area (Å²) in [6.45, 7) is -0.972. The van der Waals surface area contributed by atoms with Crippen LogP contribution in [0.1, 0.15) is 5.56 Å². The van der Waals surface area contributed by atoms with Crippen LogP contribution in [0.4, 0.5) is 18.0 Å². The zero-order chi connectivity index (χ0) is 18.4. The topological polar surface area (TPSA) is 62.6 Å². The molecule has 0 aliphatic rings. The third kappa shape index (κ3) is 6.42. The predicted octanol–water partition coefficient (Wildman–Crippen LogP) is 1.24. The van der Waals surface area contributed by atoms with Crippen molar-refractivity contribution < 1.29 is 27.7 Å². The molecule has 0 fully saturated rings. The van der Waals surface area contributed by atoms with Gasteiger partial charge in [-0.05, 0) is 16.8 Å². The number of likely N-dealkylation sites (N-methyl/N-ethyl adjacent to an activating group) is 1. The van der Waals surface area contributed by atoms with Crippen molar-refractivity contribution in [3.63, 3.8) is 0 Å². The number of halogens is 3. The molecule has 0 spiro atoms. The highest BCUT2D eigenvalue weighted by Gasteiger charge is 2.28. The van der Waals surface area contributed by atoms with Crippen molar-refractivity contribution in [3.8, 4) is 0 Å². The monoisotopic (exact) mass is 354 g/mol. The van der Waals surface area contributed by atoms with E-state index in [4.69, 9.17) is 0 Å². The molecule has 2 rings (SSSR count). The van der Waals surface area contributed by atoms with E-state index in [0.717, 1.165) is 21.2 Å². The van der Waals surface area contributed by atoms with Gasteiger partial charge >= 0.3 is 12.2 Å². The summed E-state index contributed by atoms with van der Waals surface area (Å²) in [5.74, 6) is -0.641. The standard InChI is InChI=1S/C17H18F3N3O2/c1-23(10-15(24)22-16(25)21-11-17(18,19)20)9-12-6-7-13-4-2-3-5-14(13)8-12/h2-8H,9-11H2,1H3,(H2,21,22,24,25)/p+1. The normalized spacial score (nSPS) is 12.6. The molecule has 5 nitrogen and oxygen atoms in total. The lowest BCUT2D eigenvalue weighted by molar-refractivity contribution is -0.885. The number of rotatable bonds is 5. The van der Waals surface area contributed by atoms with E-state index in [0.29, 0.717) is 6.54 Å². The number of nitrogens with one attached hydrogen (secondary N) is 3. The maximum Gasteiger partial charge on any atom is 0.405 e. The van der Waals surface area contributed by atoms with Gasteiger partial charge in [0.2, 0.25) is 0 Å². The summed E-state index contributed by atoms with van der Waals surface area (Å²) in [6.07, 6.45) is -4.52. The zero-order valence-corrected chi connectivity index (χ0v) is 13.6. The molecule has 3 amide bonds. The number of quaternary nitrogens is 1. The summed E-state index contributed by atoms with van der Waals surface area (Å²) in [5.41, 5.74) is 1.02. The van der Waals surface area contributed by atoms with Crippen molar-refractivity contribution >= 4 is 22.7 Å². The molecule has 2 aromatic carbocycles. The van der Waals surface area contributed by atoms with E-state index in [1.807, 2.05) is 47.8 Å². The van der Waals surface area contributed by atoms with Gasteiger partial charge in [0.05, 0.1) is 7.05 Å². The molecule has 0 heterocycles. The van der Waals surface area contributed by atoms with Gasteiger partial charge in [-0.25, -0.2) is 4.79 Å². The summed E-state index contributed by atoms with van der Waals surface area (Å²) in [5, 5.41) is 5.68. The van der Waals surface area contributed by atoms with Crippen molar-refractivity contribution in [2.45, 2.75) is 12.7 Å². The minimum Gasteiger partial charge on any atom is -0.329 e. The maximum absolute atomic E-state index is 12.0. The SMILES string of the molecule is C[NH+](CC(=O)NC(=O)NCC(F)(F)F)Cc1ccc2ccccc2c1. The second kappa shape index (κ2) is 7.98. The quantitative estimate of drug-likeness (QED) is 0.757. The number of benzene rings is 2. The molecule has 25 heavy (non-hydrogen) atoms. The number of carbonyl (C=O) groups is 2. The number of fused-ring (bicyclic) bond motifs is 1. The average molecular weight is 354 g/mol. The number of urea groups is 1. The van der Waals surface area contributed by atoms with Crippen LogP contribution >= 0.6 is 0 Å². The van der Waals surface area contributed by atoms with Gasteiger partial charge in [0, 0.05) is 5.56 Å². The van der Waals surface area contributed by atoms with Crippen LogP contribution in [0.15, 0.2) is 42.5 Å². The van der Waals surface area contributed by atoms with Gasteiger partial charge < -0.3 is 10.2 Å². The summed E-state index contributed by atoms with van der Waals surface area (Å²) < 4.78 is 36.0. The number of amides is 3. The molecular formula is C17H19F3N3O2+. The van der Waals surface area contributed by atoms with Crippen LogP contribution < -0.4 is 15.5 Å². The largest absolute Gasteiger partial charge is 0.405 e. The predicted molar refractivity (Wildman–Crippen MR) is 87.0 cm³/mol. The van der Waals surface area contributed by atoms with Crippen LogP contribution in [-0.2, 0) is 11.3 Å². The molecule has 0 aliphatic carbocycles. The first-order valence-corrected chi connectivity index (χ1v) is 7.66. The Morgan fingerprint density at radius 2 is 1.76 bits per heavy atom. The molecule has 0 bridgehead atoms. The number of carbonyl (C=O) groups excluding carboxylic acids is 2. The first-order valence-electron chi connectivity index (χ1n) is 7.66. The molecule has 0 saturated carbocycles. The fourth-order valence-corrected chi connectivity index (χ4v) is 2.43. The zero-order valence-electron chi connectivity index (χ0n) is 13.6. The van der Waals surface area contributed by atoms with E-state index in [-0.39, 0.29) is 6.54 Å². The highest BCUT2D eigenvalue weighted by molar-refractivity contribution is 5.94. The molecule has 8 heteroatoms. The Hall–Kier alpha value is -2.61. The van der Waals surface area contributed by atoms with Gasteiger partial charge in [0.25, 0.3) is 5.91 Å². The molecule has 0 aromatic heterocycles. The molecule has 0 aliphatic heterocycles. The fraction of sp³-hybridized carbons (Fsp3) is 0.294. The van der Waals surface area contributed by atoms with Gasteiger partial charge in [0.15, 0.2) is 6.54 Å². The number of alkyl halides is 3. The van der Waals surface area contributed by atoms with Crippen LogP contribution in [0.3, 0.4) is 0 Å². The summed E-state index contributed by atoms with van der Waals surface area (Å²) in [4.78, 5) is 23.8. The van der Waals surface area contributed by atoms with Crippen molar-refractivity contribution in [2.24, 2.45) is 0 Å². The third-order valence-corrected chi connectivity index (χ3v) is 3.48. The fourth-order valence-electron chi connectivity index (χ4n) is 2.43. The van der Waals surface area contributed by atoms with Crippen LogP contribution in [0.25, 0.3) is 10.8 Å². The molecular weight excluding hydrogens is 335 g/mol. The number of hydrogen-bond acceptors (Lipinski definition) is 2. The Morgan fingerprint density at radius 1 is 1.08 bits per heavy atom. The lowest BCUT2D eigenvalue weighted by Crippen LogP contribution is -3.09. The Morgan fingerprint density at radius 3 is 2.44 bits per heavy atom. The molecule has 1 unspecified atom stereocenters. The number of imide groups is 1. The highest BCUT2D eigenvalue weighted by Crippen LogP contribution is 2.15. The van der Waals surface area contributed by atoms with E-state index in [1.165, 1.54) is 0 Å². The summed E-state index contributed by atoms with van der Waals surface area (Å²) in [6, 6.07) is 12.7. The molecule has 3 N–H and O–H groups in total. The van der Waals surface area contributed by atoms with Gasteiger partial charge in [-0.1, -0.05) is 36.4 Å². The van der Waals surface area contributed by atoms with E-state index < -0.39 is 24.7 Å². The first kappa shape index (κ1) is 18.7.